The molecule has 1 saturated heterocycles. The third-order valence-electron chi connectivity index (χ3n) is 4.82. The van der Waals surface area contributed by atoms with E-state index in [0.29, 0.717) is 18.4 Å². The highest BCUT2D eigenvalue weighted by atomic mass is 32.2. The number of guanidine groups is 1. The lowest BCUT2D eigenvalue weighted by molar-refractivity contribution is -0.0265. The Labute approximate surface area is 175 Å². The molecule has 1 aromatic rings. The summed E-state index contributed by atoms with van der Waals surface area (Å²) >= 11 is 0. The Morgan fingerprint density at radius 2 is 1.93 bits per heavy atom. The summed E-state index contributed by atoms with van der Waals surface area (Å²) in [5.74, 6) is 1.03. The maximum absolute atomic E-state index is 11.5. The van der Waals surface area contributed by atoms with Crippen LogP contribution in [0.15, 0.2) is 29.3 Å². The minimum absolute atomic E-state index is 0.0723. The molecule has 1 fully saturated rings. The highest BCUT2D eigenvalue weighted by Crippen LogP contribution is 2.33. The highest BCUT2D eigenvalue weighted by Gasteiger charge is 2.28. The SMILES string of the molecule is CCNC(=NCC(C)(C)NS(C)(=O)=O)NCC1CCCOC1c1ccc(C)cc1. The van der Waals surface area contributed by atoms with Crippen LogP contribution in [0.3, 0.4) is 0 Å². The van der Waals surface area contributed by atoms with Gasteiger partial charge in [0, 0.05) is 31.2 Å². The fraction of sp³-hybridized carbons (Fsp3) is 0.667. The van der Waals surface area contributed by atoms with Gasteiger partial charge in [-0.3, -0.25) is 4.99 Å². The number of ether oxygens (including phenoxy) is 1. The summed E-state index contributed by atoms with van der Waals surface area (Å²) in [6.45, 7) is 10.3. The molecule has 8 heteroatoms. The van der Waals surface area contributed by atoms with Crippen LogP contribution in [0.1, 0.15) is 50.8 Å². The van der Waals surface area contributed by atoms with E-state index in [4.69, 9.17) is 4.74 Å². The first-order valence-electron chi connectivity index (χ1n) is 10.3. The number of hydrogen-bond acceptors (Lipinski definition) is 4. The van der Waals surface area contributed by atoms with Crippen molar-refractivity contribution in [1.82, 2.24) is 15.4 Å². The van der Waals surface area contributed by atoms with Gasteiger partial charge in [-0.25, -0.2) is 13.1 Å². The van der Waals surface area contributed by atoms with Crippen LogP contribution in [-0.4, -0.2) is 52.4 Å². The summed E-state index contributed by atoms with van der Waals surface area (Å²) in [6.07, 6.45) is 3.37. The minimum atomic E-state index is -3.29. The molecule has 0 bridgehead atoms. The van der Waals surface area contributed by atoms with Gasteiger partial charge in [-0.15, -0.1) is 0 Å². The van der Waals surface area contributed by atoms with Crippen molar-refractivity contribution in [3.63, 3.8) is 0 Å². The molecule has 3 N–H and O–H groups in total. The monoisotopic (exact) mass is 424 g/mol. The van der Waals surface area contributed by atoms with Crippen LogP contribution in [-0.2, 0) is 14.8 Å². The van der Waals surface area contributed by atoms with Crippen molar-refractivity contribution in [2.75, 3.05) is 32.5 Å². The van der Waals surface area contributed by atoms with Gasteiger partial charge < -0.3 is 15.4 Å². The van der Waals surface area contributed by atoms with Crippen LogP contribution in [0.25, 0.3) is 0 Å². The lowest BCUT2D eigenvalue weighted by atomic mass is 9.89. The van der Waals surface area contributed by atoms with Crippen LogP contribution in [0.5, 0.6) is 0 Å². The molecule has 0 spiro atoms. The summed E-state index contributed by atoms with van der Waals surface area (Å²) in [6, 6.07) is 8.55. The van der Waals surface area contributed by atoms with E-state index in [1.807, 2.05) is 20.8 Å². The van der Waals surface area contributed by atoms with E-state index in [1.54, 1.807) is 0 Å². The molecule has 7 nitrogen and oxygen atoms in total. The average Bonchev–Trinajstić information content (AvgIpc) is 2.63. The largest absolute Gasteiger partial charge is 0.373 e. The van der Waals surface area contributed by atoms with Gasteiger partial charge in [0.05, 0.1) is 18.9 Å². The second-order valence-corrected chi connectivity index (χ2v) is 10.2. The van der Waals surface area contributed by atoms with Gasteiger partial charge in [-0.2, -0.15) is 0 Å². The number of aliphatic imine (C=N–C) groups is 1. The van der Waals surface area contributed by atoms with Crippen LogP contribution in [0.2, 0.25) is 0 Å². The molecular formula is C21H36N4O3S. The van der Waals surface area contributed by atoms with E-state index in [2.05, 4.69) is 51.5 Å². The van der Waals surface area contributed by atoms with Gasteiger partial charge in [0.2, 0.25) is 10.0 Å². The molecule has 1 aromatic carbocycles. The quantitative estimate of drug-likeness (QED) is 0.440. The first-order valence-corrected chi connectivity index (χ1v) is 12.2. The van der Waals surface area contributed by atoms with Gasteiger partial charge in [-0.1, -0.05) is 29.8 Å². The smallest absolute Gasteiger partial charge is 0.209 e. The van der Waals surface area contributed by atoms with E-state index in [-0.39, 0.29) is 6.10 Å². The summed E-state index contributed by atoms with van der Waals surface area (Å²) in [4.78, 5) is 4.59. The molecule has 0 aromatic heterocycles. The van der Waals surface area contributed by atoms with Gasteiger partial charge in [0.1, 0.15) is 0 Å². The summed E-state index contributed by atoms with van der Waals surface area (Å²) in [7, 11) is -3.29. The van der Waals surface area contributed by atoms with Crippen molar-refractivity contribution >= 4 is 16.0 Å². The Kier molecular flexibility index (Phi) is 8.48. The lowest BCUT2D eigenvalue weighted by Gasteiger charge is -2.33. The Morgan fingerprint density at radius 1 is 1.24 bits per heavy atom. The minimum Gasteiger partial charge on any atom is -0.373 e. The maximum atomic E-state index is 11.5. The standard InChI is InChI=1S/C21H36N4O3S/c1-6-22-20(24-15-21(3,4)25-29(5,26)27)23-14-18-8-7-13-28-19(18)17-11-9-16(2)10-12-17/h9-12,18-19,25H,6-8,13-15H2,1-5H3,(H2,22,23,24). The number of nitrogens with one attached hydrogen (secondary N) is 3. The molecule has 0 radical (unpaired) electrons. The topological polar surface area (TPSA) is 91.8 Å². The molecule has 2 rings (SSSR count). The Bertz CT molecular complexity index is 776. The van der Waals surface area contributed by atoms with Gasteiger partial charge in [0.15, 0.2) is 5.96 Å². The second-order valence-electron chi connectivity index (χ2n) is 8.44. The number of benzene rings is 1. The van der Waals surface area contributed by atoms with Crippen LogP contribution in [0.4, 0.5) is 0 Å². The average molecular weight is 425 g/mol. The third-order valence-corrected chi connectivity index (χ3v) is 5.74. The van der Waals surface area contributed by atoms with Crippen LogP contribution in [0, 0.1) is 12.8 Å². The van der Waals surface area contributed by atoms with E-state index in [0.717, 1.165) is 38.8 Å². The van der Waals surface area contributed by atoms with Gasteiger partial charge >= 0.3 is 0 Å². The molecule has 1 aliphatic heterocycles. The Balaban J connectivity index is 2.02. The zero-order valence-electron chi connectivity index (χ0n) is 18.3. The molecule has 2 unspecified atom stereocenters. The van der Waals surface area contributed by atoms with Crippen molar-refractivity contribution in [2.45, 2.75) is 52.2 Å². The van der Waals surface area contributed by atoms with Crippen molar-refractivity contribution in [1.29, 1.82) is 0 Å². The van der Waals surface area contributed by atoms with Crippen molar-refractivity contribution in [3.05, 3.63) is 35.4 Å². The van der Waals surface area contributed by atoms with Crippen molar-refractivity contribution < 1.29 is 13.2 Å². The van der Waals surface area contributed by atoms with Gasteiger partial charge in [0.25, 0.3) is 0 Å². The summed E-state index contributed by atoms with van der Waals surface area (Å²) in [5, 5.41) is 6.66. The first-order chi connectivity index (χ1) is 13.6. The number of nitrogens with zero attached hydrogens (tertiary/aromatic N) is 1. The molecule has 0 saturated carbocycles. The van der Waals surface area contributed by atoms with Crippen LogP contribution < -0.4 is 15.4 Å². The Morgan fingerprint density at radius 3 is 2.55 bits per heavy atom. The van der Waals surface area contributed by atoms with Crippen LogP contribution >= 0.6 is 0 Å². The molecule has 1 aliphatic rings. The Hall–Kier alpha value is -1.64. The maximum Gasteiger partial charge on any atom is 0.209 e. The number of rotatable bonds is 8. The zero-order valence-corrected chi connectivity index (χ0v) is 19.1. The molecule has 29 heavy (non-hydrogen) atoms. The predicted molar refractivity (Wildman–Crippen MR) is 119 cm³/mol. The number of sulfonamides is 1. The fourth-order valence-corrected chi connectivity index (χ4v) is 4.63. The lowest BCUT2D eigenvalue weighted by Crippen LogP contribution is -2.47. The molecular weight excluding hydrogens is 388 g/mol. The molecule has 2 atom stereocenters. The second kappa shape index (κ2) is 10.4. The normalized spacial score (nSPS) is 21.1. The molecule has 1 heterocycles. The molecule has 0 aliphatic carbocycles. The third kappa shape index (κ3) is 8.32. The van der Waals surface area contributed by atoms with Gasteiger partial charge in [-0.05, 0) is 46.1 Å². The fourth-order valence-electron chi connectivity index (χ4n) is 3.56. The van der Waals surface area contributed by atoms with E-state index < -0.39 is 15.6 Å². The van der Waals surface area contributed by atoms with Crippen molar-refractivity contribution in [3.8, 4) is 0 Å². The molecule has 164 valence electrons. The number of hydrogen-bond donors (Lipinski definition) is 3. The van der Waals surface area contributed by atoms with E-state index >= 15 is 0 Å². The highest BCUT2D eigenvalue weighted by molar-refractivity contribution is 7.88. The summed E-state index contributed by atoms with van der Waals surface area (Å²) < 4.78 is 31.8. The molecule has 0 amide bonds. The van der Waals surface area contributed by atoms with E-state index in [9.17, 15) is 8.42 Å². The first kappa shape index (κ1) is 23.6. The number of aryl methyl sites for hydroxylation is 1. The van der Waals surface area contributed by atoms with Crippen molar-refractivity contribution in [2.24, 2.45) is 10.9 Å². The zero-order chi connectivity index (χ0) is 21.5. The summed E-state index contributed by atoms with van der Waals surface area (Å²) in [5.41, 5.74) is 1.79. The predicted octanol–water partition coefficient (Wildman–Crippen LogP) is 2.35. The van der Waals surface area contributed by atoms with E-state index in [1.165, 1.54) is 11.1 Å².